The Morgan fingerprint density at radius 1 is 1.30 bits per heavy atom. The van der Waals surface area contributed by atoms with Gasteiger partial charge in [0.05, 0.1) is 11.5 Å². The first-order chi connectivity index (χ1) is 14.4. The quantitative estimate of drug-likeness (QED) is 0.755. The van der Waals surface area contributed by atoms with Crippen molar-refractivity contribution in [2.24, 2.45) is 0 Å². The Balaban J connectivity index is 1.52. The number of fused-ring (bicyclic) bond motifs is 1. The Labute approximate surface area is 174 Å². The number of hydrogen-bond donors (Lipinski definition) is 1. The predicted octanol–water partition coefficient (Wildman–Crippen LogP) is 3.09. The summed E-state index contributed by atoms with van der Waals surface area (Å²) in [5, 5.41) is 0. The zero-order valence-corrected chi connectivity index (χ0v) is 17.4. The van der Waals surface area contributed by atoms with Crippen LogP contribution in [0, 0.1) is 5.82 Å². The van der Waals surface area contributed by atoms with Gasteiger partial charge in [0.25, 0.3) is 15.9 Å². The summed E-state index contributed by atoms with van der Waals surface area (Å²) in [5.74, 6) is -0.786. The van der Waals surface area contributed by atoms with E-state index in [9.17, 15) is 17.6 Å². The molecule has 0 radical (unpaired) electrons. The van der Waals surface area contributed by atoms with Crippen LogP contribution in [0.3, 0.4) is 0 Å². The molecule has 1 fully saturated rings. The van der Waals surface area contributed by atoms with Crippen molar-refractivity contribution in [3.05, 3.63) is 47.8 Å². The van der Waals surface area contributed by atoms with Crippen LogP contribution in [0.2, 0.25) is 0 Å². The van der Waals surface area contributed by atoms with Crippen LogP contribution < -0.4 is 14.4 Å². The Hall–Kier alpha value is -2.65. The van der Waals surface area contributed by atoms with Crippen LogP contribution in [0.4, 0.5) is 15.8 Å². The smallest absolute Gasteiger partial charge is 0.262 e. The minimum atomic E-state index is -3.97. The first-order valence-electron chi connectivity index (χ1n) is 9.90. The number of rotatable bonds is 6. The maximum absolute atomic E-state index is 14.1. The summed E-state index contributed by atoms with van der Waals surface area (Å²) < 4.78 is 52.5. The lowest BCUT2D eigenvalue weighted by Gasteiger charge is -2.21. The third-order valence-electron chi connectivity index (χ3n) is 5.21. The van der Waals surface area contributed by atoms with Crippen molar-refractivity contribution < 1.29 is 27.1 Å². The van der Waals surface area contributed by atoms with Crippen LogP contribution in [0.15, 0.2) is 41.3 Å². The maximum Gasteiger partial charge on any atom is 0.262 e. The van der Waals surface area contributed by atoms with E-state index in [1.807, 2.05) is 0 Å². The van der Waals surface area contributed by atoms with E-state index >= 15 is 0 Å². The van der Waals surface area contributed by atoms with Gasteiger partial charge >= 0.3 is 0 Å². The van der Waals surface area contributed by atoms with E-state index < -0.39 is 21.9 Å². The molecule has 1 atom stereocenters. The number of halogens is 1. The lowest BCUT2D eigenvalue weighted by molar-refractivity contribution is -0.127. The number of benzene rings is 2. The molecule has 0 aliphatic carbocycles. The van der Waals surface area contributed by atoms with E-state index in [1.54, 1.807) is 30.0 Å². The lowest BCUT2D eigenvalue weighted by Crippen LogP contribution is -2.37. The van der Waals surface area contributed by atoms with Crippen LogP contribution in [0.1, 0.15) is 25.3 Å². The molecule has 0 bridgehead atoms. The number of hydrogen-bond acceptors (Lipinski definition) is 5. The summed E-state index contributed by atoms with van der Waals surface area (Å²) in [6.45, 7) is 3.13. The number of amides is 1. The molecule has 1 unspecified atom stereocenters. The highest BCUT2D eigenvalue weighted by molar-refractivity contribution is 7.92. The van der Waals surface area contributed by atoms with Crippen molar-refractivity contribution in [2.45, 2.75) is 37.2 Å². The zero-order chi connectivity index (χ0) is 21.3. The predicted molar refractivity (Wildman–Crippen MR) is 110 cm³/mol. The summed E-state index contributed by atoms with van der Waals surface area (Å²) in [4.78, 5) is 14.2. The standard InChI is InChI=1S/C21H23FN2O5S/c1-2-28-19-8-6-16(13-17(19)22)30(26,27)23-15-5-7-18-14(12-15)9-10-24(18)21(25)20-4-3-11-29-20/h5-8,12-13,20,23H,2-4,9-11H2,1H3. The third-order valence-corrected chi connectivity index (χ3v) is 6.59. The molecule has 1 saturated heterocycles. The second-order valence-corrected chi connectivity index (χ2v) is 8.90. The lowest BCUT2D eigenvalue weighted by atomic mass is 10.1. The molecule has 0 spiro atoms. The van der Waals surface area contributed by atoms with Crippen LogP contribution in [-0.4, -0.2) is 40.2 Å². The van der Waals surface area contributed by atoms with Crippen LogP contribution in [0.25, 0.3) is 0 Å². The van der Waals surface area contributed by atoms with Gasteiger partial charge in [0.15, 0.2) is 11.6 Å². The van der Waals surface area contributed by atoms with Gasteiger partial charge in [-0.1, -0.05) is 0 Å². The Morgan fingerprint density at radius 3 is 2.83 bits per heavy atom. The molecular formula is C21H23FN2O5S. The van der Waals surface area contributed by atoms with Gasteiger partial charge in [0.2, 0.25) is 0 Å². The molecule has 0 aromatic heterocycles. The Bertz CT molecular complexity index is 1070. The number of ether oxygens (including phenoxy) is 2. The summed E-state index contributed by atoms with van der Waals surface area (Å²) in [5.41, 5.74) is 2.00. The third kappa shape index (κ3) is 3.99. The summed E-state index contributed by atoms with van der Waals surface area (Å²) in [7, 11) is -3.97. The molecule has 7 nitrogen and oxygen atoms in total. The van der Waals surface area contributed by atoms with Crippen molar-refractivity contribution in [1.82, 2.24) is 0 Å². The fraction of sp³-hybridized carbons (Fsp3) is 0.381. The highest BCUT2D eigenvalue weighted by atomic mass is 32.2. The second-order valence-electron chi connectivity index (χ2n) is 7.22. The highest BCUT2D eigenvalue weighted by Gasteiger charge is 2.33. The SMILES string of the molecule is CCOc1ccc(S(=O)(=O)Nc2ccc3c(c2)CCN3C(=O)C2CCCO2)cc1F. The number of nitrogens with zero attached hydrogens (tertiary/aromatic N) is 1. The van der Waals surface area contributed by atoms with Gasteiger partial charge in [0, 0.05) is 24.5 Å². The van der Waals surface area contributed by atoms with Crippen molar-refractivity contribution in [3.8, 4) is 5.75 Å². The molecule has 1 N–H and O–H groups in total. The first-order valence-corrected chi connectivity index (χ1v) is 11.4. The highest BCUT2D eigenvalue weighted by Crippen LogP contribution is 2.33. The van der Waals surface area contributed by atoms with E-state index in [-0.39, 0.29) is 23.2 Å². The van der Waals surface area contributed by atoms with Gasteiger partial charge in [-0.15, -0.1) is 0 Å². The molecule has 2 aromatic carbocycles. The van der Waals surface area contributed by atoms with Gasteiger partial charge < -0.3 is 14.4 Å². The Morgan fingerprint density at radius 2 is 2.13 bits per heavy atom. The number of anilines is 2. The fourth-order valence-corrected chi connectivity index (χ4v) is 4.84. The van der Waals surface area contributed by atoms with E-state index in [4.69, 9.17) is 9.47 Å². The summed E-state index contributed by atoms with van der Waals surface area (Å²) in [6, 6.07) is 8.56. The van der Waals surface area contributed by atoms with Crippen molar-refractivity contribution in [2.75, 3.05) is 29.4 Å². The van der Waals surface area contributed by atoms with Gasteiger partial charge in [-0.05, 0) is 68.1 Å². The average molecular weight is 434 g/mol. The Kier molecular flexibility index (Phi) is 5.66. The second kappa shape index (κ2) is 8.23. The molecule has 9 heteroatoms. The van der Waals surface area contributed by atoms with Crippen LogP contribution in [-0.2, 0) is 26.0 Å². The molecule has 0 saturated carbocycles. The summed E-state index contributed by atoms with van der Waals surface area (Å²) >= 11 is 0. The largest absolute Gasteiger partial charge is 0.491 e. The maximum atomic E-state index is 14.1. The zero-order valence-electron chi connectivity index (χ0n) is 16.6. The first kappa shape index (κ1) is 20.6. The summed E-state index contributed by atoms with van der Waals surface area (Å²) in [6.07, 6.45) is 1.83. The fourth-order valence-electron chi connectivity index (χ4n) is 3.78. The minimum Gasteiger partial charge on any atom is -0.491 e. The van der Waals surface area contributed by atoms with Gasteiger partial charge in [-0.3, -0.25) is 9.52 Å². The van der Waals surface area contributed by atoms with Gasteiger partial charge in [-0.2, -0.15) is 0 Å². The van der Waals surface area contributed by atoms with E-state index in [1.165, 1.54) is 12.1 Å². The normalized spacial score (nSPS) is 18.3. The molecule has 2 heterocycles. The number of nitrogens with one attached hydrogen (secondary N) is 1. The van der Waals surface area contributed by atoms with E-state index in [2.05, 4.69) is 4.72 Å². The van der Waals surface area contributed by atoms with Crippen LogP contribution >= 0.6 is 0 Å². The molecule has 1 amide bonds. The number of sulfonamides is 1. The molecule has 160 valence electrons. The van der Waals surface area contributed by atoms with Crippen molar-refractivity contribution in [3.63, 3.8) is 0 Å². The number of carbonyl (C=O) groups is 1. The van der Waals surface area contributed by atoms with Gasteiger partial charge in [-0.25, -0.2) is 12.8 Å². The molecule has 2 aromatic rings. The molecule has 2 aliphatic heterocycles. The minimum absolute atomic E-state index is 0.00461. The van der Waals surface area contributed by atoms with Crippen molar-refractivity contribution in [1.29, 1.82) is 0 Å². The van der Waals surface area contributed by atoms with Gasteiger partial charge in [0.1, 0.15) is 6.10 Å². The van der Waals surface area contributed by atoms with E-state index in [0.29, 0.717) is 25.3 Å². The molecule has 2 aliphatic rings. The molecular weight excluding hydrogens is 411 g/mol. The molecule has 30 heavy (non-hydrogen) atoms. The van der Waals surface area contributed by atoms with E-state index in [0.717, 1.165) is 30.2 Å². The monoisotopic (exact) mass is 434 g/mol. The van der Waals surface area contributed by atoms with Crippen LogP contribution in [0.5, 0.6) is 5.75 Å². The van der Waals surface area contributed by atoms with Crippen molar-refractivity contribution >= 4 is 27.3 Å². The number of carbonyl (C=O) groups excluding carboxylic acids is 1. The topological polar surface area (TPSA) is 84.9 Å². The molecule has 4 rings (SSSR count). The average Bonchev–Trinajstić information content (AvgIpc) is 3.38.